The molecule has 150 valence electrons. The number of hydrogen-bond acceptors (Lipinski definition) is 2. The number of aliphatic hydroxyl groups excluding tert-OH is 1. The Balaban J connectivity index is 2.40. The molecule has 0 radical (unpaired) electrons. The van der Waals surface area contributed by atoms with Crippen LogP contribution in [-0.2, 0) is 4.43 Å². The summed E-state index contributed by atoms with van der Waals surface area (Å²) in [4.78, 5) is 0. The van der Waals surface area contributed by atoms with Crippen LogP contribution in [0.1, 0.15) is 66.7 Å². The highest BCUT2D eigenvalue weighted by Gasteiger charge is 2.58. The summed E-state index contributed by atoms with van der Waals surface area (Å²) in [6.45, 7) is 20.5. The van der Waals surface area contributed by atoms with Crippen molar-refractivity contribution in [3.05, 3.63) is 24.8 Å². The van der Waals surface area contributed by atoms with Crippen LogP contribution in [0, 0.1) is 22.7 Å². The van der Waals surface area contributed by atoms with Crippen LogP contribution < -0.4 is 0 Å². The molecule has 0 aromatic carbocycles. The minimum Gasteiger partial charge on any atom is -0.413 e. The number of rotatable bonds is 8. The molecule has 0 saturated heterocycles. The third-order valence-corrected chi connectivity index (χ3v) is 13.1. The molecule has 2 aliphatic rings. The van der Waals surface area contributed by atoms with Crippen LogP contribution in [0.4, 0.5) is 0 Å². The molecular weight excluding hydrogens is 336 g/mol. The Morgan fingerprint density at radius 3 is 2.31 bits per heavy atom. The van der Waals surface area contributed by atoms with Gasteiger partial charge in [0.25, 0.3) is 0 Å². The average molecular weight is 379 g/mol. The Morgan fingerprint density at radius 1 is 1.19 bits per heavy atom. The van der Waals surface area contributed by atoms with Gasteiger partial charge in [-0.1, -0.05) is 52.8 Å². The second-order valence-corrected chi connectivity index (χ2v) is 14.1. The monoisotopic (exact) mass is 378 g/mol. The molecule has 0 aromatic heterocycles. The molecule has 2 fully saturated rings. The molecule has 0 spiro atoms. The maximum Gasteiger partial charge on any atom is 0.192 e. The van der Waals surface area contributed by atoms with Crippen molar-refractivity contribution in [2.75, 3.05) is 6.61 Å². The first-order valence-corrected chi connectivity index (χ1v) is 13.4. The fourth-order valence-corrected chi connectivity index (χ4v) is 9.38. The molecule has 0 aliphatic heterocycles. The summed E-state index contributed by atoms with van der Waals surface area (Å²) in [6, 6.07) is 3.62. The molecule has 2 aliphatic carbocycles. The van der Waals surface area contributed by atoms with Crippen molar-refractivity contribution in [2.45, 2.75) is 91.0 Å². The van der Waals surface area contributed by atoms with Crippen LogP contribution in [-0.4, -0.2) is 26.1 Å². The molecule has 0 amide bonds. The maximum atomic E-state index is 10.1. The van der Waals surface area contributed by atoms with E-state index >= 15 is 0 Å². The van der Waals surface area contributed by atoms with Crippen molar-refractivity contribution >= 4 is 8.32 Å². The van der Waals surface area contributed by atoms with Gasteiger partial charge in [-0.15, -0.1) is 6.58 Å². The van der Waals surface area contributed by atoms with Gasteiger partial charge in [0.2, 0.25) is 0 Å². The summed E-state index contributed by atoms with van der Waals surface area (Å²) in [5.74, 6) is 0.795. The fourth-order valence-electron chi connectivity index (χ4n) is 6.39. The molecular formula is C23H42O2Si. The molecule has 2 rings (SSSR count). The van der Waals surface area contributed by atoms with E-state index in [2.05, 4.69) is 53.9 Å². The molecule has 3 heteroatoms. The van der Waals surface area contributed by atoms with Crippen LogP contribution in [0.15, 0.2) is 24.8 Å². The van der Waals surface area contributed by atoms with E-state index in [1.54, 1.807) is 0 Å². The molecule has 0 unspecified atom stereocenters. The number of hydrogen-bond donors (Lipinski definition) is 1. The molecule has 0 aromatic rings. The zero-order chi connectivity index (χ0) is 19.6. The quantitative estimate of drug-likeness (QED) is 0.395. The topological polar surface area (TPSA) is 29.5 Å². The highest BCUT2D eigenvalue weighted by Crippen LogP contribution is 2.62. The lowest BCUT2D eigenvalue weighted by Gasteiger charge is -2.61. The van der Waals surface area contributed by atoms with E-state index in [0.717, 1.165) is 25.7 Å². The van der Waals surface area contributed by atoms with Crippen molar-refractivity contribution in [3.8, 4) is 0 Å². The Labute approximate surface area is 163 Å². The van der Waals surface area contributed by atoms with Gasteiger partial charge in [-0.2, -0.15) is 0 Å². The van der Waals surface area contributed by atoms with E-state index < -0.39 is 8.32 Å². The first-order chi connectivity index (χ1) is 12.3. The van der Waals surface area contributed by atoms with Crippen LogP contribution in [0.3, 0.4) is 0 Å². The van der Waals surface area contributed by atoms with E-state index in [9.17, 15) is 5.11 Å². The Kier molecular flexibility index (Phi) is 7.01. The van der Waals surface area contributed by atoms with Crippen molar-refractivity contribution in [2.24, 2.45) is 22.7 Å². The van der Waals surface area contributed by atoms with Crippen LogP contribution >= 0.6 is 0 Å². The smallest absolute Gasteiger partial charge is 0.192 e. The van der Waals surface area contributed by atoms with Gasteiger partial charge in [0.1, 0.15) is 0 Å². The highest BCUT2D eigenvalue weighted by atomic mass is 28.4. The summed E-state index contributed by atoms with van der Waals surface area (Å²) in [5.41, 5.74) is 1.50. The summed E-state index contributed by atoms with van der Waals surface area (Å²) in [5, 5.41) is 10.1. The number of aliphatic hydroxyl groups is 1. The van der Waals surface area contributed by atoms with Crippen molar-refractivity contribution in [1.82, 2.24) is 0 Å². The van der Waals surface area contributed by atoms with E-state index in [0.29, 0.717) is 12.0 Å². The van der Waals surface area contributed by atoms with E-state index in [1.807, 2.05) is 0 Å². The molecule has 2 nitrogen and oxygen atoms in total. The standard InChI is InChI=1S/C23H42O2Si/c1-8-15-23(7)20-13-12-18(5)19(17-24)22(20,6)16-14-21(23)25-26(9-2,10-3)11-4/h8,19-21,24H,1,5,9-17H2,2-4,6-7H3/t19-,20+,21-,22+,23-/m0/s1. The van der Waals surface area contributed by atoms with Gasteiger partial charge in [0, 0.05) is 5.92 Å². The third-order valence-electron chi connectivity index (χ3n) is 8.41. The van der Waals surface area contributed by atoms with Gasteiger partial charge < -0.3 is 9.53 Å². The van der Waals surface area contributed by atoms with Gasteiger partial charge in [-0.3, -0.25) is 0 Å². The Hall–Kier alpha value is -0.383. The van der Waals surface area contributed by atoms with E-state index in [4.69, 9.17) is 4.43 Å². The van der Waals surface area contributed by atoms with Gasteiger partial charge >= 0.3 is 0 Å². The zero-order valence-electron chi connectivity index (χ0n) is 17.9. The third kappa shape index (κ3) is 3.52. The van der Waals surface area contributed by atoms with Gasteiger partial charge in [0.15, 0.2) is 8.32 Å². The lowest BCUT2D eigenvalue weighted by molar-refractivity contribution is -0.131. The highest BCUT2D eigenvalue weighted by molar-refractivity contribution is 6.73. The Morgan fingerprint density at radius 2 is 1.81 bits per heavy atom. The van der Waals surface area contributed by atoms with Gasteiger partial charge in [0.05, 0.1) is 12.7 Å². The second kappa shape index (κ2) is 8.32. The minimum atomic E-state index is -1.64. The van der Waals surface area contributed by atoms with Crippen LogP contribution in [0.2, 0.25) is 18.1 Å². The molecule has 5 atom stereocenters. The normalized spacial score (nSPS) is 38.1. The molecule has 1 N–H and O–H groups in total. The first kappa shape index (κ1) is 21.9. The first-order valence-electron chi connectivity index (χ1n) is 10.8. The summed E-state index contributed by atoms with van der Waals surface area (Å²) in [7, 11) is -1.64. The Bertz CT molecular complexity index is 504. The van der Waals surface area contributed by atoms with E-state index in [1.165, 1.54) is 30.1 Å². The lowest BCUT2D eigenvalue weighted by Crippen LogP contribution is -2.59. The molecule has 26 heavy (non-hydrogen) atoms. The predicted molar refractivity (Wildman–Crippen MR) is 115 cm³/mol. The van der Waals surface area contributed by atoms with E-state index in [-0.39, 0.29) is 23.4 Å². The summed E-state index contributed by atoms with van der Waals surface area (Å²) in [6.07, 6.45) is 7.90. The number of allylic oxidation sites excluding steroid dienone is 1. The fraction of sp³-hybridized carbons (Fsp3) is 0.826. The summed E-state index contributed by atoms with van der Waals surface area (Å²) >= 11 is 0. The van der Waals surface area contributed by atoms with Crippen molar-refractivity contribution < 1.29 is 9.53 Å². The zero-order valence-corrected chi connectivity index (χ0v) is 18.9. The average Bonchev–Trinajstić information content (AvgIpc) is 2.62. The minimum absolute atomic E-state index is 0.112. The van der Waals surface area contributed by atoms with Crippen LogP contribution in [0.25, 0.3) is 0 Å². The lowest BCUT2D eigenvalue weighted by atomic mass is 9.46. The predicted octanol–water partition coefficient (Wildman–Crippen LogP) is 6.33. The van der Waals surface area contributed by atoms with Crippen molar-refractivity contribution in [1.29, 1.82) is 0 Å². The second-order valence-electron chi connectivity index (χ2n) is 9.38. The molecule has 2 saturated carbocycles. The summed E-state index contributed by atoms with van der Waals surface area (Å²) < 4.78 is 7.09. The number of fused-ring (bicyclic) bond motifs is 1. The molecule has 0 bridgehead atoms. The van der Waals surface area contributed by atoms with Gasteiger partial charge in [-0.05, 0) is 67.0 Å². The van der Waals surface area contributed by atoms with Crippen LogP contribution in [0.5, 0.6) is 0 Å². The van der Waals surface area contributed by atoms with Crippen molar-refractivity contribution in [3.63, 3.8) is 0 Å². The van der Waals surface area contributed by atoms with Gasteiger partial charge in [-0.25, -0.2) is 0 Å². The largest absolute Gasteiger partial charge is 0.413 e. The molecule has 0 heterocycles. The SMILES string of the molecule is C=CC[C@@]1(C)[C@@H]2CCC(=C)[C@H](CO)[C@@]2(C)CC[C@@H]1O[Si](CC)(CC)CC. The maximum absolute atomic E-state index is 10.1.